The van der Waals surface area contributed by atoms with Gasteiger partial charge in [0.15, 0.2) is 0 Å². The van der Waals surface area contributed by atoms with Gasteiger partial charge in [0.1, 0.15) is 17.5 Å². The van der Waals surface area contributed by atoms with Gasteiger partial charge in [-0.1, -0.05) is 19.0 Å². The van der Waals surface area contributed by atoms with E-state index >= 15 is 0 Å². The number of carbonyl (C=O) groups is 1. The van der Waals surface area contributed by atoms with E-state index in [2.05, 4.69) is 10.5 Å². The molecule has 1 aromatic heterocycles. The van der Waals surface area contributed by atoms with E-state index < -0.39 is 0 Å². The molecule has 1 amide bonds. The Morgan fingerprint density at radius 2 is 2.29 bits per heavy atom. The number of hydrogen-bond donors (Lipinski definition) is 2. The molecule has 78 valence electrons. The first-order valence-electron chi connectivity index (χ1n) is 4.49. The van der Waals surface area contributed by atoms with Crippen LogP contribution in [0.25, 0.3) is 0 Å². The van der Waals surface area contributed by atoms with Crippen LogP contribution in [-0.2, 0) is 0 Å². The Bertz CT molecular complexity index is 320. The zero-order chi connectivity index (χ0) is 10.7. The molecule has 5 nitrogen and oxygen atoms in total. The smallest absolute Gasteiger partial charge is 0.256 e. The standard InChI is InChI=1S/C9H15N3O2/c1-5(2)7(10)8-6(4-14-12-8)9(13)11-3/h4-5,7H,10H2,1-3H3,(H,11,13)/t7-/m1/s1. The fourth-order valence-corrected chi connectivity index (χ4v) is 1.11. The normalized spacial score (nSPS) is 12.9. The third kappa shape index (κ3) is 1.93. The van der Waals surface area contributed by atoms with Gasteiger partial charge >= 0.3 is 0 Å². The van der Waals surface area contributed by atoms with Gasteiger partial charge in [-0.05, 0) is 5.92 Å². The van der Waals surface area contributed by atoms with Crippen molar-refractivity contribution in [3.8, 4) is 0 Å². The van der Waals surface area contributed by atoms with Crippen LogP contribution in [0.15, 0.2) is 10.8 Å². The van der Waals surface area contributed by atoms with Gasteiger partial charge in [-0.25, -0.2) is 0 Å². The van der Waals surface area contributed by atoms with Gasteiger partial charge in [0.25, 0.3) is 5.91 Å². The number of aromatic nitrogens is 1. The van der Waals surface area contributed by atoms with E-state index in [0.717, 1.165) is 0 Å². The Balaban J connectivity index is 2.98. The lowest BCUT2D eigenvalue weighted by Gasteiger charge is -2.13. The van der Waals surface area contributed by atoms with E-state index in [1.54, 1.807) is 7.05 Å². The highest BCUT2D eigenvalue weighted by Gasteiger charge is 2.22. The van der Waals surface area contributed by atoms with E-state index in [1.807, 2.05) is 13.8 Å². The first-order chi connectivity index (χ1) is 6.57. The van der Waals surface area contributed by atoms with Crippen LogP contribution in [0, 0.1) is 5.92 Å². The number of hydrogen-bond acceptors (Lipinski definition) is 4. The summed E-state index contributed by atoms with van der Waals surface area (Å²) in [5, 5.41) is 6.25. The molecule has 0 unspecified atom stereocenters. The Labute approximate surface area is 82.6 Å². The van der Waals surface area contributed by atoms with Gasteiger partial charge in [0, 0.05) is 7.05 Å². The number of nitrogens with two attached hydrogens (primary N) is 1. The van der Waals surface area contributed by atoms with Crippen LogP contribution in [0.2, 0.25) is 0 Å². The van der Waals surface area contributed by atoms with E-state index in [9.17, 15) is 4.79 Å². The molecular weight excluding hydrogens is 182 g/mol. The van der Waals surface area contributed by atoms with Crippen molar-refractivity contribution in [1.29, 1.82) is 0 Å². The molecule has 0 aliphatic heterocycles. The van der Waals surface area contributed by atoms with Crippen molar-refractivity contribution < 1.29 is 9.32 Å². The van der Waals surface area contributed by atoms with Gasteiger partial charge in [-0.2, -0.15) is 0 Å². The molecule has 1 atom stereocenters. The minimum atomic E-state index is -0.277. The SMILES string of the molecule is CNC(=O)c1conc1[C@H](N)C(C)C. The topological polar surface area (TPSA) is 81.2 Å². The van der Waals surface area contributed by atoms with Gasteiger partial charge in [-0.15, -0.1) is 0 Å². The van der Waals surface area contributed by atoms with Crippen molar-refractivity contribution in [2.24, 2.45) is 11.7 Å². The van der Waals surface area contributed by atoms with Crippen molar-refractivity contribution in [3.63, 3.8) is 0 Å². The van der Waals surface area contributed by atoms with E-state index in [4.69, 9.17) is 10.3 Å². The summed E-state index contributed by atoms with van der Waals surface area (Å²) in [5.74, 6) is -0.0131. The van der Waals surface area contributed by atoms with Crippen LogP contribution in [0.4, 0.5) is 0 Å². The minimum absolute atomic E-state index is 0.212. The van der Waals surface area contributed by atoms with Crippen LogP contribution in [0.3, 0.4) is 0 Å². The van der Waals surface area contributed by atoms with Crippen LogP contribution in [-0.4, -0.2) is 18.1 Å². The number of amides is 1. The zero-order valence-corrected chi connectivity index (χ0v) is 8.57. The van der Waals surface area contributed by atoms with E-state index in [-0.39, 0.29) is 17.9 Å². The highest BCUT2D eigenvalue weighted by Crippen LogP contribution is 2.20. The van der Waals surface area contributed by atoms with Crippen LogP contribution < -0.4 is 11.1 Å². The maximum atomic E-state index is 11.4. The Morgan fingerprint density at radius 3 is 2.79 bits per heavy atom. The maximum Gasteiger partial charge on any atom is 0.256 e. The Morgan fingerprint density at radius 1 is 1.64 bits per heavy atom. The van der Waals surface area contributed by atoms with Gasteiger partial charge < -0.3 is 15.6 Å². The highest BCUT2D eigenvalue weighted by molar-refractivity contribution is 5.94. The van der Waals surface area contributed by atoms with Crippen molar-refractivity contribution in [2.75, 3.05) is 7.05 Å². The predicted molar refractivity (Wildman–Crippen MR) is 51.7 cm³/mol. The van der Waals surface area contributed by atoms with E-state index in [0.29, 0.717) is 11.3 Å². The number of nitrogens with zero attached hydrogens (tertiary/aromatic N) is 1. The molecule has 1 rings (SSSR count). The molecule has 1 aromatic rings. The summed E-state index contributed by atoms with van der Waals surface area (Å²) in [6, 6.07) is -0.277. The quantitative estimate of drug-likeness (QED) is 0.747. The molecule has 0 spiro atoms. The molecular formula is C9H15N3O2. The maximum absolute atomic E-state index is 11.4. The second-order valence-corrected chi connectivity index (χ2v) is 3.46. The second kappa shape index (κ2) is 4.23. The molecule has 0 aliphatic rings. The van der Waals surface area contributed by atoms with Crippen LogP contribution in [0.1, 0.15) is 35.9 Å². The van der Waals surface area contributed by atoms with Crippen LogP contribution in [0.5, 0.6) is 0 Å². The number of rotatable bonds is 3. The van der Waals surface area contributed by atoms with Gasteiger partial charge in [0.2, 0.25) is 0 Å². The highest BCUT2D eigenvalue weighted by atomic mass is 16.5. The van der Waals surface area contributed by atoms with Crippen molar-refractivity contribution in [2.45, 2.75) is 19.9 Å². The Kier molecular flexibility index (Phi) is 3.24. The van der Waals surface area contributed by atoms with Gasteiger partial charge in [-0.3, -0.25) is 4.79 Å². The molecule has 0 saturated heterocycles. The molecule has 0 bridgehead atoms. The summed E-state index contributed by atoms with van der Waals surface area (Å²) in [7, 11) is 1.56. The summed E-state index contributed by atoms with van der Waals surface area (Å²) in [4.78, 5) is 11.4. The fraction of sp³-hybridized carbons (Fsp3) is 0.556. The van der Waals surface area contributed by atoms with Gasteiger partial charge in [0.05, 0.1) is 6.04 Å². The minimum Gasteiger partial charge on any atom is -0.364 e. The number of carbonyl (C=O) groups excluding carboxylic acids is 1. The lowest BCUT2D eigenvalue weighted by Crippen LogP contribution is -2.24. The third-order valence-electron chi connectivity index (χ3n) is 2.10. The molecule has 0 radical (unpaired) electrons. The zero-order valence-electron chi connectivity index (χ0n) is 8.57. The average molecular weight is 197 g/mol. The van der Waals surface area contributed by atoms with Crippen molar-refractivity contribution in [3.05, 3.63) is 17.5 Å². The van der Waals surface area contributed by atoms with Crippen molar-refractivity contribution >= 4 is 5.91 Å². The van der Waals surface area contributed by atoms with E-state index in [1.165, 1.54) is 6.26 Å². The molecule has 3 N–H and O–H groups in total. The lowest BCUT2D eigenvalue weighted by atomic mass is 9.99. The molecule has 14 heavy (non-hydrogen) atoms. The predicted octanol–water partition coefficient (Wildman–Crippen LogP) is 0.690. The molecule has 0 aliphatic carbocycles. The largest absolute Gasteiger partial charge is 0.364 e. The summed E-state index contributed by atoms with van der Waals surface area (Å²) in [6.07, 6.45) is 1.32. The fourth-order valence-electron chi connectivity index (χ4n) is 1.11. The summed E-state index contributed by atoms with van der Waals surface area (Å²) >= 11 is 0. The molecule has 0 saturated carbocycles. The molecule has 1 heterocycles. The first-order valence-corrected chi connectivity index (χ1v) is 4.49. The van der Waals surface area contributed by atoms with Crippen molar-refractivity contribution in [1.82, 2.24) is 10.5 Å². The molecule has 5 heteroatoms. The molecule has 0 fully saturated rings. The average Bonchev–Trinajstić information content (AvgIpc) is 2.63. The monoisotopic (exact) mass is 197 g/mol. The molecule has 0 aromatic carbocycles. The second-order valence-electron chi connectivity index (χ2n) is 3.46. The first kappa shape index (κ1) is 10.7. The summed E-state index contributed by atoms with van der Waals surface area (Å²) in [6.45, 7) is 3.93. The van der Waals surface area contributed by atoms with Crippen LogP contribution >= 0.6 is 0 Å². The lowest BCUT2D eigenvalue weighted by molar-refractivity contribution is 0.0961. The number of nitrogens with one attached hydrogen (secondary N) is 1. The third-order valence-corrected chi connectivity index (χ3v) is 2.10. The summed E-state index contributed by atoms with van der Waals surface area (Å²) in [5.41, 5.74) is 6.80. The Hall–Kier alpha value is -1.36. The summed E-state index contributed by atoms with van der Waals surface area (Å²) < 4.78 is 4.75.